The quantitative estimate of drug-likeness (QED) is 0.363. The van der Waals surface area contributed by atoms with Gasteiger partial charge >= 0.3 is 0 Å². The minimum absolute atomic E-state index is 0.414. The van der Waals surface area contributed by atoms with Crippen LogP contribution >= 0.6 is 0 Å². The summed E-state index contributed by atoms with van der Waals surface area (Å²) in [5.41, 5.74) is -1.95. The number of rotatable bonds is 2. The first-order chi connectivity index (χ1) is 8.86. The highest BCUT2D eigenvalue weighted by molar-refractivity contribution is 6.08. The van der Waals surface area contributed by atoms with E-state index in [1.165, 1.54) is 7.05 Å². The van der Waals surface area contributed by atoms with Crippen LogP contribution in [0.1, 0.15) is 16.1 Å². The van der Waals surface area contributed by atoms with E-state index in [1.54, 1.807) is 0 Å². The Balaban J connectivity index is 2.71. The highest BCUT2D eigenvalue weighted by Crippen LogP contribution is 2.24. The average molecular weight is 277 g/mol. The van der Waals surface area contributed by atoms with E-state index in [9.17, 15) is 26.7 Å². The number of carbonyl (C=O) groups is 1. The Hall–Kier alpha value is -2.32. The van der Waals surface area contributed by atoms with Crippen molar-refractivity contribution in [3.63, 3.8) is 0 Å². The molecule has 0 saturated heterocycles. The normalized spacial score (nSPS) is 10.8. The molecule has 0 radical (unpaired) electrons. The molecule has 0 fully saturated rings. The summed E-state index contributed by atoms with van der Waals surface area (Å²) in [4.78, 5) is 11.7. The van der Waals surface area contributed by atoms with Gasteiger partial charge in [-0.15, -0.1) is 5.10 Å². The zero-order valence-corrected chi connectivity index (χ0v) is 9.22. The van der Waals surface area contributed by atoms with Crippen LogP contribution in [0.4, 0.5) is 22.0 Å². The topological polar surface area (TPSA) is 47.8 Å². The maximum absolute atomic E-state index is 13.4. The number of hydrogen-bond acceptors (Lipinski definition) is 3. The molecule has 4 nitrogen and oxygen atoms in total. The molecule has 1 aromatic heterocycles. The van der Waals surface area contributed by atoms with E-state index in [1.807, 2.05) is 0 Å². The van der Waals surface area contributed by atoms with Crippen molar-refractivity contribution in [2.75, 3.05) is 0 Å². The van der Waals surface area contributed by atoms with Gasteiger partial charge in [0.05, 0.1) is 6.20 Å². The second-order valence-electron chi connectivity index (χ2n) is 3.52. The smallest absolute Gasteiger partial charge is 0.218 e. The number of hydrogen-bond donors (Lipinski definition) is 0. The molecule has 19 heavy (non-hydrogen) atoms. The second-order valence-corrected chi connectivity index (χ2v) is 3.52. The van der Waals surface area contributed by atoms with Crippen LogP contribution in [0.25, 0.3) is 0 Å². The lowest BCUT2D eigenvalue weighted by Gasteiger charge is -2.06. The lowest BCUT2D eigenvalue weighted by atomic mass is 10.1. The molecule has 9 heteroatoms. The van der Waals surface area contributed by atoms with Crippen molar-refractivity contribution in [1.29, 1.82) is 0 Å². The summed E-state index contributed by atoms with van der Waals surface area (Å²) < 4.78 is 66.3. The summed E-state index contributed by atoms with van der Waals surface area (Å²) >= 11 is 0. The van der Waals surface area contributed by atoms with Crippen LogP contribution in [0.2, 0.25) is 0 Å². The van der Waals surface area contributed by atoms with Gasteiger partial charge in [-0.1, -0.05) is 5.21 Å². The Bertz CT molecular complexity index is 653. The molecule has 0 aliphatic carbocycles. The highest BCUT2D eigenvalue weighted by Gasteiger charge is 2.31. The molecule has 1 aromatic carbocycles. The third-order valence-electron chi connectivity index (χ3n) is 2.38. The number of carbonyl (C=O) groups excluding carboxylic acids is 1. The largest absolute Gasteiger partial charge is 0.287 e. The first-order valence-electron chi connectivity index (χ1n) is 4.77. The summed E-state index contributed by atoms with van der Waals surface area (Å²) in [5, 5.41) is 6.60. The van der Waals surface area contributed by atoms with Crippen molar-refractivity contribution in [3.05, 3.63) is 46.5 Å². The van der Waals surface area contributed by atoms with Crippen LogP contribution in [0.3, 0.4) is 0 Å². The Morgan fingerprint density at radius 2 is 1.47 bits per heavy atom. The van der Waals surface area contributed by atoms with Gasteiger partial charge in [-0.3, -0.25) is 4.79 Å². The van der Waals surface area contributed by atoms with Gasteiger partial charge in [-0.25, -0.2) is 26.6 Å². The number of benzene rings is 1. The molecule has 0 unspecified atom stereocenters. The minimum Gasteiger partial charge on any atom is -0.287 e. The maximum atomic E-state index is 13.4. The van der Waals surface area contributed by atoms with Gasteiger partial charge < -0.3 is 0 Å². The predicted molar refractivity (Wildman–Crippen MR) is 50.7 cm³/mol. The summed E-state index contributed by atoms with van der Waals surface area (Å²) in [6.07, 6.45) is 0.848. The van der Waals surface area contributed by atoms with E-state index in [0.717, 1.165) is 10.9 Å². The zero-order chi connectivity index (χ0) is 14.3. The van der Waals surface area contributed by atoms with Gasteiger partial charge in [0.2, 0.25) is 11.6 Å². The molecular formula is C10H4F5N3O. The Kier molecular flexibility index (Phi) is 3.05. The predicted octanol–water partition coefficient (Wildman–Crippen LogP) is 1.74. The molecule has 0 aliphatic heterocycles. The van der Waals surface area contributed by atoms with Crippen LogP contribution in [-0.4, -0.2) is 20.8 Å². The van der Waals surface area contributed by atoms with E-state index in [4.69, 9.17) is 0 Å². The summed E-state index contributed by atoms with van der Waals surface area (Å²) in [5.74, 6) is -12.5. The maximum Gasteiger partial charge on any atom is 0.218 e. The Morgan fingerprint density at radius 3 is 1.89 bits per heavy atom. The monoisotopic (exact) mass is 277 g/mol. The fourth-order valence-corrected chi connectivity index (χ4v) is 1.43. The van der Waals surface area contributed by atoms with Gasteiger partial charge in [0, 0.05) is 7.05 Å². The number of nitrogens with zero attached hydrogens (tertiary/aromatic N) is 3. The Morgan fingerprint density at radius 1 is 1.00 bits per heavy atom. The van der Waals surface area contributed by atoms with Crippen LogP contribution in [0, 0.1) is 29.1 Å². The first-order valence-corrected chi connectivity index (χ1v) is 4.77. The molecule has 0 atom stereocenters. The average Bonchev–Trinajstić information content (AvgIpc) is 2.80. The third-order valence-corrected chi connectivity index (χ3v) is 2.38. The summed E-state index contributed by atoms with van der Waals surface area (Å²) in [7, 11) is 1.23. The van der Waals surface area contributed by atoms with Crippen molar-refractivity contribution >= 4 is 5.78 Å². The SMILES string of the molecule is Cn1nncc1C(=O)c1c(F)c(F)c(F)c(F)c1F. The van der Waals surface area contributed by atoms with Crippen LogP contribution < -0.4 is 0 Å². The van der Waals surface area contributed by atoms with E-state index < -0.39 is 46.1 Å². The third kappa shape index (κ3) is 1.86. The molecule has 1 heterocycles. The van der Waals surface area contributed by atoms with Crippen molar-refractivity contribution in [1.82, 2.24) is 15.0 Å². The number of aromatic nitrogens is 3. The molecule has 0 saturated carbocycles. The van der Waals surface area contributed by atoms with E-state index in [2.05, 4.69) is 10.3 Å². The second kappa shape index (κ2) is 4.41. The minimum atomic E-state index is -2.32. The van der Waals surface area contributed by atoms with Gasteiger partial charge in [0.25, 0.3) is 0 Å². The standard InChI is InChI=1S/C10H4F5N3O/c1-18-3(2-16-17-18)10(19)4-5(11)7(13)9(15)8(14)6(4)12/h2H,1H3. The van der Waals surface area contributed by atoms with Crippen molar-refractivity contribution in [2.45, 2.75) is 0 Å². The molecule has 0 aliphatic rings. The van der Waals surface area contributed by atoms with Crippen LogP contribution in [-0.2, 0) is 7.05 Å². The van der Waals surface area contributed by atoms with E-state index in [0.29, 0.717) is 0 Å². The van der Waals surface area contributed by atoms with Gasteiger partial charge in [-0.05, 0) is 0 Å². The molecule has 100 valence electrons. The lowest BCUT2D eigenvalue weighted by Crippen LogP contribution is -2.16. The molecule has 0 bridgehead atoms. The zero-order valence-electron chi connectivity index (χ0n) is 9.22. The van der Waals surface area contributed by atoms with Gasteiger partial charge in [0.1, 0.15) is 11.3 Å². The molecule has 2 aromatic rings. The van der Waals surface area contributed by atoms with Crippen molar-refractivity contribution in [3.8, 4) is 0 Å². The summed E-state index contributed by atoms with van der Waals surface area (Å²) in [6.45, 7) is 0. The molecule has 2 rings (SSSR count). The number of ketones is 1. The van der Waals surface area contributed by atoms with Crippen molar-refractivity contribution < 1.29 is 26.7 Å². The van der Waals surface area contributed by atoms with E-state index in [-0.39, 0.29) is 0 Å². The fourth-order valence-electron chi connectivity index (χ4n) is 1.43. The lowest BCUT2D eigenvalue weighted by molar-refractivity contribution is 0.101. The molecule has 0 amide bonds. The van der Waals surface area contributed by atoms with E-state index >= 15 is 0 Å². The molecule has 0 spiro atoms. The van der Waals surface area contributed by atoms with Gasteiger partial charge in [0.15, 0.2) is 23.3 Å². The Labute approximate surface area is 102 Å². The highest BCUT2D eigenvalue weighted by atomic mass is 19.2. The van der Waals surface area contributed by atoms with Gasteiger partial charge in [-0.2, -0.15) is 0 Å². The van der Waals surface area contributed by atoms with Crippen LogP contribution in [0.5, 0.6) is 0 Å². The van der Waals surface area contributed by atoms with Crippen LogP contribution in [0.15, 0.2) is 6.20 Å². The molecular weight excluding hydrogens is 273 g/mol. The molecule has 0 N–H and O–H groups in total. The first kappa shape index (κ1) is 13.1. The number of aryl methyl sites for hydroxylation is 1. The summed E-state index contributed by atoms with van der Waals surface area (Å²) in [6, 6.07) is 0. The fraction of sp³-hybridized carbons (Fsp3) is 0.100. The van der Waals surface area contributed by atoms with Crippen molar-refractivity contribution in [2.24, 2.45) is 7.05 Å². The number of halogens is 5.